The molecular formula is C18H23ClN2. The summed E-state index contributed by atoms with van der Waals surface area (Å²) in [5, 5.41) is 0.00919. The lowest BCUT2D eigenvalue weighted by atomic mass is 10.1. The molecule has 0 aliphatic carbocycles. The number of rotatable bonds is 6. The van der Waals surface area contributed by atoms with E-state index >= 15 is 0 Å². The van der Waals surface area contributed by atoms with Gasteiger partial charge in [-0.1, -0.05) is 42.5 Å². The van der Waals surface area contributed by atoms with E-state index in [4.69, 9.17) is 11.6 Å². The molecule has 2 rings (SSSR count). The number of benzene rings is 2. The summed E-state index contributed by atoms with van der Waals surface area (Å²) in [6, 6.07) is 18.9. The lowest BCUT2D eigenvalue weighted by Gasteiger charge is -2.21. The first-order chi connectivity index (χ1) is 10.1. The maximum atomic E-state index is 6.54. The minimum atomic E-state index is 0.00919. The van der Waals surface area contributed by atoms with Gasteiger partial charge in [0.2, 0.25) is 0 Å². The zero-order chi connectivity index (χ0) is 15.2. The number of hydrogen-bond acceptors (Lipinski definition) is 2. The van der Waals surface area contributed by atoms with Crippen LogP contribution in [0.3, 0.4) is 0 Å². The third-order valence-electron chi connectivity index (χ3n) is 3.54. The first-order valence-corrected chi connectivity index (χ1v) is 7.63. The highest BCUT2D eigenvalue weighted by atomic mass is 35.5. The normalized spacial score (nSPS) is 12.4. The van der Waals surface area contributed by atoms with Gasteiger partial charge >= 0.3 is 0 Å². The highest BCUT2D eigenvalue weighted by Crippen LogP contribution is 2.24. The summed E-state index contributed by atoms with van der Waals surface area (Å²) in [5.41, 5.74) is 3.68. The van der Waals surface area contributed by atoms with E-state index in [1.54, 1.807) is 0 Å². The molecule has 0 radical (unpaired) electrons. The van der Waals surface area contributed by atoms with Crippen LogP contribution >= 0.6 is 11.6 Å². The summed E-state index contributed by atoms with van der Waals surface area (Å²) >= 11 is 6.54. The molecule has 0 amide bonds. The third-order valence-corrected chi connectivity index (χ3v) is 3.93. The molecule has 0 fully saturated rings. The maximum absolute atomic E-state index is 6.54. The fourth-order valence-corrected chi connectivity index (χ4v) is 2.70. The second kappa shape index (κ2) is 7.48. The molecule has 21 heavy (non-hydrogen) atoms. The highest BCUT2D eigenvalue weighted by Gasteiger charge is 2.11. The standard InChI is InChI=1S/C18H23ClN2/c1-20(2)17-11-9-16(10-12-17)18(19)14-21(3)13-15-7-5-4-6-8-15/h4-12,18H,13-14H2,1-3H3. The fourth-order valence-electron chi connectivity index (χ4n) is 2.32. The molecule has 0 N–H and O–H groups in total. The SMILES string of the molecule is CN(Cc1ccccc1)CC(Cl)c1ccc(N(C)C)cc1. The maximum Gasteiger partial charge on any atom is 0.0712 e. The van der Waals surface area contributed by atoms with Gasteiger partial charge < -0.3 is 9.80 Å². The number of alkyl halides is 1. The Kier molecular flexibility index (Phi) is 5.66. The smallest absolute Gasteiger partial charge is 0.0712 e. The average Bonchev–Trinajstić information content (AvgIpc) is 2.48. The van der Waals surface area contributed by atoms with Crippen LogP contribution in [-0.2, 0) is 6.54 Å². The Morgan fingerprint density at radius 1 is 0.905 bits per heavy atom. The second-order valence-corrected chi connectivity index (χ2v) is 6.16. The molecular weight excluding hydrogens is 280 g/mol. The van der Waals surface area contributed by atoms with Gasteiger partial charge in [0.1, 0.15) is 0 Å². The van der Waals surface area contributed by atoms with Crippen molar-refractivity contribution in [2.45, 2.75) is 11.9 Å². The van der Waals surface area contributed by atoms with Gasteiger partial charge in [0.25, 0.3) is 0 Å². The quantitative estimate of drug-likeness (QED) is 0.739. The van der Waals surface area contributed by atoms with E-state index in [2.05, 4.69) is 65.4 Å². The molecule has 2 aromatic carbocycles. The topological polar surface area (TPSA) is 6.48 Å². The molecule has 0 saturated carbocycles. The Morgan fingerprint density at radius 3 is 2.10 bits per heavy atom. The largest absolute Gasteiger partial charge is 0.378 e. The van der Waals surface area contributed by atoms with Crippen molar-refractivity contribution in [1.29, 1.82) is 0 Å². The number of anilines is 1. The first kappa shape index (κ1) is 15.9. The van der Waals surface area contributed by atoms with Crippen LogP contribution < -0.4 is 4.90 Å². The molecule has 0 aromatic heterocycles. The van der Waals surface area contributed by atoms with Crippen molar-refractivity contribution >= 4 is 17.3 Å². The molecule has 112 valence electrons. The summed E-state index contributed by atoms with van der Waals surface area (Å²) in [5.74, 6) is 0. The number of nitrogens with zero attached hydrogens (tertiary/aromatic N) is 2. The van der Waals surface area contributed by atoms with Crippen molar-refractivity contribution in [2.24, 2.45) is 0 Å². The second-order valence-electron chi connectivity index (χ2n) is 5.64. The lowest BCUT2D eigenvalue weighted by molar-refractivity contribution is 0.327. The van der Waals surface area contributed by atoms with Crippen LogP contribution in [0.5, 0.6) is 0 Å². The molecule has 0 saturated heterocycles. The van der Waals surface area contributed by atoms with Gasteiger partial charge in [0, 0.05) is 32.9 Å². The molecule has 1 atom stereocenters. The monoisotopic (exact) mass is 302 g/mol. The van der Waals surface area contributed by atoms with Crippen LogP contribution in [0.2, 0.25) is 0 Å². The van der Waals surface area contributed by atoms with Gasteiger partial charge in [0.15, 0.2) is 0 Å². The van der Waals surface area contributed by atoms with Crippen molar-refractivity contribution in [3.05, 3.63) is 65.7 Å². The van der Waals surface area contributed by atoms with E-state index in [1.165, 1.54) is 16.8 Å². The zero-order valence-corrected chi connectivity index (χ0v) is 13.7. The van der Waals surface area contributed by atoms with E-state index in [1.807, 2.05) is 20.2 Å². The summed E-state index contributed by atoms with van der Waals surface area (Å²) in [6.45, 7) is 1.75. The minimum Gasteiger partial charge on any atom is -0.378 e. The summed E-state index contributed by atoms with van der Waals surface area (Å²) in [7, 11) is 6.19. The molecule has 0 bridgehead atoms. The van der Waals surface area contributed by atoms with Gasteiger partial charge in [-0.05, 0) is 30.3 Å². The van der Waals surface area contributed by atoms with E-state index in [0.717, 1.165) is 13.1 Å². The molecule has 0 spiro atoms. The molecule has 0 heterocycles. The molecule has 2 aromatic rings. The fraction of sp³-hybridized carbons (Fsp3) is 0.333. The van der Waals surface area contributed by atoms with Gasteiger partial charge in [0.05, 0.1) is 5.38 Å². The Bertz CT molecular complexity index is 537. The first-order valence-electron chi connectivity index (χ1n) is 7.20. The number of halogens is 1. The summed E-state index contributed by atoms with van der Waals surface area (Å²) in [6.07, 6.45) is 0. The number of hydrogen-bond donors (Lipinski definition) is 0. The molecule has 0 aliphatic rings. The number of likely N-dealkylation sites (N-methyl/N-ethyl adjacent to an activating group) is 1. The van der Waals surface area contributed by atoms with E-state index in [9.17, 15) is 0 Å². The van der Waals surface area contributed by atoms with Gasteiger partial charge in [-0.15, -0.1) is 11.6 Å². The summed E-state index contributed by atoms with van der Waals surface area (Å²) in [4.78, 5) is 4.35. The van der Waals surface area contributed by atoms with Crippen molar-refractivity contribution in [3.63, 3.8) is 0 Å². The average molecular weight is 303 g/mol. The van der Waals surface area contributed by atoms with E-state index in [0.29, 0.717) is 0 Å². The lowest BCUT2D eigenvalue weighted by Crippen LogP contribution is -2.22. The van der Waals surface area contributed by atoms with E-state index < -0.39 is 0 Å². The van der Waals surface area contributed by atoms with Crippen LogP contribution in [0, 0.1) is 0 Å². The van der Waals surface area contributed by atoms with E-state index in [-0.39, 0.29) is 5.38 Å². The van der Waals surface area contributed by atoms with Crippen molar-refractivity contribution < 1.29 is 0 Å². The Balaban J connectivity index is 1.92. The van der Waals surface area contributed by atoms with Crippen LogP contribution in [0.4, 0.5) is 5.69 Å². The predicted octanol–water partition coefficient (Wildman–Crippen LogP) is 4.16. The van der Waals surface area contributed by atoms with Crippen LogP contribution in [0.25, 0.3) is 0 Å². The molecule has 0 aliphatic heterocycles. The van der Waals surface area contributed by atoms with Gasteiger partial charge in [-0.3, -0.25) is 0 Å². The summed E-state index contributed by atoms with van der Waals surface area (Å²) < 4.78 is 0. The van der Waals surface area contributed by atoms with Crippen LogP contribution in [0.1, 0.15) is 16.5 Å². The van der Waals surface area contributed by atoms with Crippen molar-refractivity contribution in [1.82, 2.24) is 4.90 Å². The van der Waals surface area contributed by atoms with Gasteiger partial charge in [-0.25, -0.2) is 0 Å². The third kappa shape index (κ3) is 4.76. The zero-order valence-electron chi connectivity index (χ0n) is 13.0. The van der Waals surface area contributed by atoms with Crippen molar-refractivity contribution in [3.8, 4) is 0 Å². The Morgan fingerprint density at radius 2 is 1.52 bits per heavy atom. The molecule has 3 heteroatoms. The van der Waals surface area contributed by atoms with Crippen LogP contribution in [-0.4, -0.2) is 32.6 Å². The van der Waals surface area contributed by atoms with Gasteiger partial charge in [-0.2, -0.15) is 0 Å². The molecule has 1 unspecified atom stereocenters. The Labute approximate surface area is 133 Å². The Hall–Kier alpha value is -1.51. The minimum absolute atomic E-state index is 0.00919. The predicted molar refractivity (Wildman–Crippen MR) is 92.1 cm³/mol. The van der Waals surface area contributed by atoms with Crippen molar-refractivity contribution in [2.75, 3.05) is 32.6 Å². The highest BCUT2D eigenvalue weighted by molar-refractivity contribution is 6.21. The van der Waals surface area contributed by atoms with Crippen LogP contribution in [0.15, 0.2) is 54.6 Å². The molecule has 2 nitrogen and oxygen atoms in total.